The zero-order valence-corrected chi connectivity index (χ0v) is 18.4. The summed E-state index contributed by atoms with van der Waals surface area (Å²) in [7, 11) is 0. The molecular formula is C20H20Cl3N3OS. The Labute approximate surface area is 185 Å². The summed E-state index contributed by atoms with van der Waals surface area (Å²) in [6.45, 7) is 3.93. The molecule has 0 bridgehead atoms. The Morgan fingerprint density at radius 1 is 1.07 bits per heavy atom. The van der Waals surface area contributed by atoms with E-state index in [1.54, 1.807) is 6.08 Å². The summed E-state index contributed by atoms with van der Waals surface area (Å²) >= 11 is 23.3. The Hall–Kier alpha value is -1.79. The predicted octanol–water partition coefficient (Wildman–Crippen LogP) is 5.12. The lowest BCUT2D eigenvalue weighted by atomic mass is 10.1. The lowest BCUT2D eigenvalue weighted by Gasteiger charge is -2.27. The van der Waals surface area contributed by atoms with Crippen LogP contribution in [0.1, 0.15) is 16.7 Å². The van der Waals surface area contributed by atoms with Gasteiger partial charge in [0.25, 0.3) is 0 Å². The molecule has 1 atom stereocenters. The molecule has 0 heterocycles. The summed E-state index contributed by atoms with van der Waals surface area (Å²) in [5, 5.41) is 8.73. The van der Waals surface area contributed by atoms with Crippen LogP contribution < -0.4 is 16.0 Å². The topological polar surface area (TPSA) is 53.2 Å². The highest BCUT2D eigenvalue weighted by Gasteiger charge is 2.34. The van der Waals surface area contributed by atoms with Crippen LogP contribution in [0.3, 0.4) is 0 Å². The summed E-state index contributed by atoms with van der Waals surface area (Å²) in [4.78, 5) is 12.2. The van der Waals surface area contributed by atoms with Gasteiger partial charge in [-0.15, -0.1) is 0 Å². The minimum Gasteiger partial charge on any atom is -0.339 e. The van der Waals surface area contributed by atoms with Gasteiger partial charge < -0.3 is 16.0 Å². The van der Waals surface area contributed by atoms with Gasteiger partial charge >= 0.3 is 0 Å². The first-order chi connectivity index (χ1) is 13.1. The van der Waals surface area contributed by atoms with Crippen LogP contribution in [0.4, 0.5) is 5.69 Å². The molecule has 0 fully saturated rings. The lowest BCUT2D eigenvalue weighted by Crippen LogP contribution is -2.55. The molecule has 0 aromatic heterocycles. The third kappa shape index (κ3) is 7.32. The molecule has 2 rings (SSSR count). The quantitative estimate of drug-likeness (QED) is 0.253. The second-order valence-electron chi connectivity index (χ2n) is 6.14. The molecule has 0 spiro atoms. The van der Waals surface area contributed by atoms with Gasteiger partial charge in [0.05, 0.1) is 0 Å². The van der Waals surface area contributed by atoms with Crippen LogP contribution in [0.15, 0.2) is 54.6 Å². The van der Waals surface area contributed by atoms with Crippen molar-refractivity contribution in [3.63, 3.8) is 0 Å². The monoisotopic (exact) mass is 455 g/mol. The molecule has 0 aliphatic heterocycles. The minimum absolute atomic E-state index is 0.220. The number of amides is 1. The molecule has 1 amide bonds. The zero-order valence-electron chi connectivity index (χ0n) is 15.3. The molecule has 8 heteroatoms. The standard InChI is InChI=1S/C20H20Cl3N3OS/c1-13-8-9-14(2)16(12-13)24-19(28)26-18(20(21,22)23)25-17(27)11-10-15-6-4-3-5-7-15/h3-12,18H,1-2H3,(H,25,27)(H2,24,26,28)/b11-10+/t18-/m1/s1. The highest BCUT2D eigenvalue weighted by Crippen LogP contribution is 2.29. The summed E-state index contributed by atoms with van der Waals surface area (Å²) in [5.74, 6) is -0.429. The second-order valence-corrected chi connectivity index (χ2v) is 8.92. The van der Waals surface area contributed by atoms with E-state index in [1.165, 1.54) is 6.08 Å². The normalized spacial score (nSPS) is 12.5. The maximum atomic E-state index is 12.2. The first-order valence-electron chi connectivity index (χ1n) is 8.40. The maximum absolute atomic E-state index is 12.2. The van der Waals surface area contributed by atoms with Gasteiger partial charge in [0.1, 0.15) is 6.17 Å². The molecule has 0 aliphatic rings. The van der Waals surface area contributed by atoms with Crippen molar-refractivity contribution in [2.75, 3.05) is 5.32 Å². The van der Waals surface area contributed by atoms with Crippen molar-refractivity contribution in [3.8, 4) is 0 Å². The van der Waals surface area contributed by atoms with Crippen molar-refractivity contribution in [1.82, 2.24) is 10.6 Å². The summed E-state index contributed by atoms with van der Waals surface area (Å²) in [6, 6.07) is 15.3. The third-order valence-electron chi connectivity index (χ3n) is 3.76. The SMILES string of the molecule is Cc1ccc(C)c(NC(=S)N[C@@H](NC(=O)/C=C/c2ccccc2)C(Cl)(Cl)Cl)c1. The van der Waals surface area contributed by atoms with Gasteiger partial charge in [0.15, 0.2) is 5.11 Å². The number of benzene rings is 2. The molecule has 0 saturated heterocycles. The van der Waals surface area contributed by atoms with Crippen LogP contribution in [0, 0.1) is 13.8 Å². The number of nitrogens with one attached hydrogen (secondary N) is 3. The van der Waals surface area contributed by atoms with E-state index >= 15 is 0 Å². The van der Waals surface area contributed by atoms with Gasteiger partial charge in [-0.1, -0.05) is 77.3 Å². The van der Waals surface area contributed by atoms with Gasteiger partial charge in [0, 0.05) is 11.8 Å². The van der Waals surface area contributed by atoms with Gasteiger partial charge in [-0.3, -0.25) is 4.79 Å². The van der Waals surface area contributed by atoms with Crippen LogP contribution in [0.2, 0.25) is 0 Å². The maximum Gasteiger partial charge on any atom is 0.245 e. The summed E-state index contributed by atoms with van der Waals surface area (Å²) in [6.07, 6.45) is 1.99. The van der Waals surface area contributed by atoms with Crippen LogP contribution in [0.5, 0.6) is 0 Å². The molecule has 2 aromatic rings. The van der Waals surface area contributed by atoms with E-state index in [-0.39, 0.29) is 5.11 Å². The first kappa shape index (κ1) is 22.5. The van der Waals surface area contributed by atoms with Crippen LogP contribution in [-0.4, -0.2) is 21.0 Å². The van der Waals surface area contributed by atoms with Crippen molar-refractivity contribution >= 4 is 69.8 Å². The van der Waals surface area contributed by atoms with E-state index in [4.69, 9.17) is 47.0 Å². The summed E-state index contributed by atoms with van der Waals surface area (Å²) in [5.41, 5.74) is 3.79. The Morgan fingerprint density at radius 3 is 2.39 bits per heavy atom. The molecule has 4 nitrogen and oxygen atoms in total. The summed E-state index contributed by atoms with van der Waals surface area (Å²) < 4.78 is -1.82. The fourth-order valence-corrected chi connectivity index (χ4v) is 2.84. The van der Waals surface area contributed by atoms with E-state index in [0.29, 0.717) is 0 Å². The van der Waals surface area contributed by atoms with Crippen molar-refractivity contribution in [3.05, 3.63) is 71.3 Å². The molecule has 28 heavy (non-hydrogen) atoms. The van der Waals surface area contributed by atoms with Crippen LogP contribution >= 0.6 is 47.0 Å². The number of alkyl halides is 3. The predicted molar refractivity (Wildman–Crippen MR) is 123 cm³/mol. The fourth-order valence-electron chi connectivity index (χ4n) is 2.29. The molecule has 148 valence electrons. The third-order valence-corrected chi connectivity index (χ3v) is 4.63. The highest BCUT2D eigenvalue weighted by molar-refractivity contribution is 7.80. The van der Waals surface area contributed by atoms with Crippen molar-refractivity contribution < 1.29 is 4.79 Å². The van der Waals surface area contributed by atoms with Crippen molar-refractivity contribution in [1.29, 1.82) is 0 Å². The molecule has 0 aliphatic carbocycles. The van der Waals surface area contributed by atoms with Crippen LogP contribution in [-0.2, 0) is 4.79 Å². The number of hydrogen-bond acceptors (Lipinski definition) is 2. The average Bonchev–Trinajstić information content (AvgIpc) is 2.62. The lowest BCUT2D eigenvalue weighted by molar-refractivity contribution is -0.117. The number of anilines is 1. The number of hydrogen-bond donors (Lipinski definition) is 3. The average molecular weight is 457 g/mol. The Balaban J connectivity index is 2.03. The van der Waals surface area contributed by atoms with Gasteiger partial charge in [-0.25, -0.2) is 0 Å². The Morgan fingerprint density at radius 2 is 1.75 bits per heavy atom. The first-order valence-corrected chi connectivity index (χ1v) is 9.94. The Kier molecular flexibility index (Phi) is 8.13. The van der Waals surface area contributed by atoms with E-state index in [2.05, 4.69) is 16.0 Å². The molecule has 2 aromatic carbocycles. The van der Waals surface area contributed by atoms with E-state index in [0.717, 1.165) is 22.4 Å². The van der Waals surface area contributed by atoms with E-state index < -0.39 is 15.9 Å². The molecular weight excluding hydrogens is 437 g/mol. The van der Waals surface area contributed by atoms with Crippen LogP contribution in [0.25, 0.3) is 6.08 Å². The highest BCUT2D eigenvalue weighted by atomic mass is 35.6. The minimum atomic E-state index is -1.82. The van der Waals surface area contributed by atoms with Crippen molar-refractivity contribution in [2.45, 2.75) is 23.8 Å². The number of halogens is 3. The van der Waals surface area contributed by atoms with Gasteiger partial charge in [-0.2, -0.15) is 0 Å². The Bertz CT molecular complexity index is 867. The molecule has 3 N–H and O–H groups in total. The number of carbonyl (C=O) groups excluding carboxylic acids is 1. The van der Waals surface area contributed by atoms with Crippen molar-refractivity contribution in [2.24, 2.45) is 0 Å². The number of carbonyl (C=O) groups is 1. The zero-order chi connectivity index (χ0) is 20.7. The smallest absolute Gasteiger partial charge is 0.245 e. The second kappa shape index (κ2) is 10.1. The number of rotatable bonds is 5. The van der Waals surface area contributed by atoms with Gasteiger partial charge in [-0.05, 0) is 54.9 Å². The largest absolute Gasteiger partial charge is 0.339 e. The van der Waals surface area contributed by atoms with Gasteiger partial charge in [0.2, 0.25) is 9.70 Å². The molecule has 0 unspecified atom stereocenters. The fraction of sp³-hybridized carbons (Fsp3) is 0.200. The molecule has 0 radical (unpaired) electrons. The number of aryl methyl sites for hydroxylation is 2. The van der Waals surface area contributed by atoms with E-state index in [1.807, 2.05) is 62.4 Å². The molecule has 0 saturated carbocycles. The van der Waals surface area contributed by atoms with E-state index in [9.17, 15) is 4.79 Å². The number of thiocarbonyl (C=S) groups is 1.